The second-order valence-corrected chi connectivity index (χ2v) is 5.59. The molecular formula is C18H22N2O. The zero-order valence-electron chi connectivity index (χ0n) is 12.6. The number of aliphatic hydroxyl groups is 1. The number of benzene rings is 2. The average Bonchev–Trinajstić information content (AvgIpc) is 2.80. The van der Waals surface area contributed by atoms with E-state index in [2.05, 4.69) is 59.3 Å². The molecule has 2 aromatic carbocycles. The predicted molar refractivity (Wildman–Crippen MR) is 88.5 cm³/mol. The van der Waals surface area contributed by atoms with Crippen molar-refractivity contribution in [2.24, 2.45) is 0 Å². The molecule has 3 aromatic rings. The van der Waals surface area contributed by atoms with Gasteiger partial charge in [0.15, 0.2) is 0 Å². The molecule has 0 saturated carbocycles. The second-order valence-electron chi connectivity index (χ2n) is 5.59. The number of aromatic nitrogens is 1. The molecule has 0 amide bonds. The Morgan fingerprint density at radius 3 is 2.62 bits per heavy atom. The summed E-state index contributed by atoms with van der Waals surface area (Å²) in [6.45, 7) is 6.36. The fourth-order valence-corrected chi connectivity index (χ4v) is 2.98. The molecule has 1 unspecified atom stereocenters. The number of nitrogens with zero attached hydrogens (tertiary/aromatic N) is 1. The van der Waals surface area contributed by atoms with Crippen molar-refractivity contribution in [2.75, 3.05) is 6.54 Å². The van der Waals surface area contributed by atoms with E-state index < -0.39 is 0 Å². The molecule has 0 aliphatic heterocycles. The first-order valence-electron chi connectivity index (χ1n) is 7.59. The molecule has 21 heavy (non-hydrogen) atoms. The lowest BCUT2D eigenvalue weighted by Crippen LogP contribution is -2.23. The van der Waals surface area contributed by atoms with Crippen molar-refractivity contribution in [2.45, 2.75) is 33.0 Å². The molecule has 3 rings (SSSR count). The molecule has 0 bridgehead atoms. The normalized spacial score (nSPS) is 13.1. The Balaban J connectivity index is 2.02. The molecule has 2 N–H and O–H groups in total. The summed E-state index contributed by atoms with van der Waals surface area (Å²) in [7, 11) is 0. The van der Waals surface area contributed by atoms with Gasteiger partial charge in [0.25, 0.3) is 0 Å². The van der Waals surface area contributed by atoms with Gasteiger partial charge in [-0.05, 0) is 37.6 Å². The summed E-state index contributed by atoms with van der Waals surface area (Å²) >= 11 is 0. The number of hydrogen-bond donors (Lipinski definition) is 2. The second kappa shape index (κ2) is 5.88. The Hall–Kier alpha value is -1.84. The smallest absolute Gasteiger partial charge is 0.0636 e. The molecule has 0 aliphatic rings. The van der Waals surface area contributed by atoms with Crippen LogP contribution < -0.4 is 5.32 Å². The third-order valence-electron chi connectivity index (χ3n) is 3.92. The highest BCUT2D eigenvalue weighted by molar-refractivity contribution is 6.08. The minimum absolute atomic E-state index is 0.310. The van der Waals surface area contributed by atoms with Crippen LogP contribution in [0, 0.1) is 0 Å². The Bertz CT molecular complexity index is 758. The van der Waals surface area contributed by atoms with E-state index in [1.165, 1.54) is 27.4 Å². The van der Waals surface area contributed by atoms with Crippen molar-refractivity contribution in [1.29, 1.82) is 0 Å². The SMILES string of the molecule is CCn1c2ccccc2c2cc(CNCC(C)O)ccc21. The Labute approximate surface area is 125 Å². The third kappa shape index (κ3) is 2.67. The summed E-state index contributed by atoms with van der Waals surface area (Å²) in [5, 5.41) is 15.2. The predicted octanol–water partition coefficient (Wildman–Crippen LogP) is 3.28. The molecule has 0 spiro atoms. The van der Waals surface area contributed by atoms with Crippen molar-refractivity contribution in [3.05, 3.63) is 48.0 Å². The van der Waals surface area contributed by atoms with Gasteiger partial charge in [0.2, 0.25) is 0 Å². The van der Waals surface area contributed by atoms with Crippen LogP contribution in [-0.2, 0) is 13.1 Å². The molecule has 1 atom stereocenters. The molecule has 3 nitrogen and oxygen atoms in total. The lowest BCUT2D eigenvalue weighted by Gasteiger charge is -2.07. The van der Waals surface area contributed by atoms with Crippen LogP contribution >= 0.6 is 0 Å². The average molecular weight is 282 g/mol. The van der Waals surface area contributed by atoms with E-state index in [-0.39, 0.29) is 6.10 Å². The van der Waals surface area contributed by atoms with E-state index in [9.17, 15) is 5.11 Å². The Morgan fingerprint density at radius 2 is 1.86 bits per heavy atom. The lowest BCUT2D eigenvalue weighted by atomic mass is 10.1. The highest BCUT2D eigenvalue weighted by atomic mass is 16.3. The first kappa shape index (κ1) is 14.1. The molecule has 1 aromatic heterocycles. The van der Waals surface area contributed by atoms with Gasteiger partial charge in [0.05, 0.1) is 6.10 Å². The molecule has 1 heterocycles. The van der Waals surface area contributed by atoms with Crippen LogP contribution in [0.3, 0.4) is 0 Å². The number of para-hydroxylation sites is 1. The maximum atomic E-state index is 9.31. The van der Waals surface area contributed by atoms with Crippen LogP contribution in [-0.4, -0.2) is 22.3 Å². The van der Waals surface area contributed by atoms with E-state index in [0.717, 1.165) is 13.1 Å². The summed E-state index contributed by atoms with van der Waals surface area (Å²) in [6, 6.07) is 15.2. The monoisotopic (exact) mass is 282 g/mol. The van der Waals surface area contributed by atoms with E-state index in [0.29, 0.717) is 6.54 Å². The highest BCUT2D eigenvalue weighted by Gasteiger charge is 2.09. The van der Waals surface area contributed by atoms with Gasteiger partial charge >= 0.3 is 0 Å². The van der Waals surface area contributed by atoms with Crippen molar-refractivity contribution in [1.82, 2.24) is 9.88 Å². The summed E-state index contributed by atoms with van der Waals surface area (Å²) in [4.78, 5) is 0. The lowest BCUT2D eigenvalue weighted by molar-refractivity contribution is 0.191. The van der Waals surface area contributed by atoms with Crippen molar-refractivity contribution in [3.8, 4) is 0 Å². The number of hydrogen-bond acceptors (Lipinski definition) is 2. The molecule has 0 aliphatic carbocycles. The van der Waals surface area contributed by atoms with Crippen LogP contribution in [0.2, 0.25) is 0 Å². The third-order valence-corrected chi connectivity index (χ3v) is 3.92. The largest absolute Gasteiger partial charge is 0.392 e. The summed E-state index contributed by atoms with van der Waals surface area (Å²) in [5.41, 5.74) is 3.84. The number of nitrogens with one attached hydrogen (secondary N) is 1. The molecule has 3 heteroatoms. The summed E-state index contributed by atoms with van der Waals surface area (Å²) in [6.07, 6.45) is -0.310. The number of aryl methyl sites for hydroxylation is 1. The number of fused-ring (bicyclic) bond motifs is 3. The molecule has 0 fully saturated rings. The van der Waals surface area contributed by atoms with Gasteiger partial charge in [-0.1, -0.05) is 24.3 Å². The Morgan fingerprint density at radius 1 is 1.10 bits per heavy atom. The van der Waals surface area contributed by atoms with E-state index in [4.69, 9.17) is 0 Å². The first-order valence-corrected chi connectivity index (χ1v) is 7.59. The first-order chi connectivity index (χ1) is 10.2. The van der Waals surface area contributed by atoms with Crippen LogP contribution in [0.25, 0.3) is 21.8 Å². The van der Waals surface area contributed by atoms with Crippen LogP contribution in [0.4, 0.5) is 0 Å². The Kier molecular flexibility index (Phi) is 3.95. The van der Waals surface area contributed by atoms with Crippen LogP contribution in [0.15, 0.2) is 42.5 Å². The van der Waals surface area contributed by atoms with E-state index >= 15 is 0 Å². The van der Waals surface area contributed by atoms with Crippen LogP contribution in [0.5, 0.6) is 0 Å². The topological polar surface area (TPSA) is 37.2 Å². The van der Waals surface area contributed by atoms with Gasteiger partial charge in [-0.15, -0.1) is 0 Å². The maximum Gasteiger partial charge on any atom is 0.0636 e. The summed E-state index contributed by atoms with van der Waals surface area (Å²) < 4.78 is 2.36. The number of rotatable bonds is 5. The standard InChI is InChI=1S/C18H22N2O/c1-3-20-17-7-5-4-6-15(17)16-10-14(8-9-18(16)20)12-19-11-13(2)21/h4-10,13,19,21H,3,11-12H2,1-2H3. The zero-order chi connectivity index (χ0) is 14.8. The van der Waals surface area contributed by atoms with Crippen molar-refractivity contribution < 1.29 is 5.11 Å². The van der Waals surface area contributed by atoms with Gasteiger partial charge < -0.3 is 15.0 Å². The van der Waals surface area contributed by atoms with Gasteiger partial charge in [-0.25, -0.2) is 0 Å². The fraction of sp³-hybridized carbons (Fsp3) is 0.333. The van der Waals surface area contributed by atoms with Crippen molar-refractivity contribution >= 4 is 21.8 Å². The van der Waals surface area contributed by atoms with Crippen molar-refractivity contribution in [3.63, 3.8) is 0 Å². The van der Waals surface area contributed by atoms with E-state index in [1.807, 2.05) is 0 Å². The molecule has 0 radical (unpaired) electrons. The van der Waals surface area contributed by atoms with Gasteiger partial charge in [0.1, 0.15) is 0 Å². The summed E-state index contributed by atoms with van der Waals surface area (Å²) in [5.74, 6) is 0. The quantitative estimate of drug-likeness (QED) is 0.753. The van der Waals surface area contributed by atoms with Gasteiger partial charge in [-0.2, -0.15) is 0 Å². The fourth-order valence-electron chi connectivity index (χ4n) is 2.98. The van der Waals surface area contributed by atoms with Crippen LogP contribution in [0.1, 0.15) is 19.4 Å². The molecule has 110 valence electrons. The minimum Gasteiger partial charge on any atom is -0.392 e. The number of aliphatic hydroxyl groups excluding tert-OH is 1. The zero-order valence-corrected chi connectivity index (χ0v) is 12.6. The van der Waals surface area contributed by atoms with E-state index in [1.54, 1.807) is 6.92 Å². The molecule has 0 saturated heterocycles. The van der Waals surface area contributed by atoms with Gasteiger partial charge in [-0.3, -0.25) is 0 Å². The molecular weight excluding hydrogens is 260 g/mol. The highest BCUT2D eigenvalue weighted by Crippen LogP contribution is 2.29. The maximum absolute atomic E-state index is 9.31. The minimum atomic E-state index is -0.310. The van der Waals surface area contributed by atoms with Gasteiger partial charge in [0, 0.05) is 41.4 Å².